The second-order valence-electron chi connectivity index (χ2n) is 7.42. The van der Waals surface area contributed by atoms with E-state index >= 15 is 0 Å². The van der Waals surface area contributed by atoms with Crippen molar-refractivity contribution in [3.05, 3.63) is 59.7 Å². The van der Waals surface area contributed by atoms with E-state index in [2.05, 4.69) is 5.32 Å². The van der Waals surface area contributed by atoms with Gasteiger partial charge in [0.1, 0.15) is 11.6 Å². The molecule has 0 unspecified atom stereocenters. The Morgan fingerprint density at radius 3 is 2.22 bits per heavy atom. The molecule has 1 amide bonds. The fraction of sp³-hybridized carbons (Fsp3) is 0.381. The van der Waals surface area contributed by atoms with Crippen LogP contribution in [0.25, 0.3) is 11.1 Å². The maximum atomic E-state index is 14.6. The normalized spacial score (nSPS) is 18.4. The molecule has 6 heteroatoms. The third-order valence-corrected chi connectivity index (χ3v) is 5.82. The maximum Gasteiger partial charge on any atom is 0.256 e. The lowest BCUT2D eigenvalue weighted by atomic mass is 9.78. The van der Waals surface area contributed by atoms with Crippen molar-refractivity contribution in [3.8, 4) is 11.1 Å². The second kappa shape index (κ2) is 7.95. The molecular weight excluding hydrogens is 370 g/mol. The molecule has 0 atom stereocenters. The molecule has 0 saturated carbocycles. The topological polar surface area (TPSA) is 32.3 Å². The van der Waals surface area contributed by atoms with Crippen LogP contribution < -0.4 is 5.32 Å². The van der Waals surface area contributed by atoms with Gasteiger partial charge in [-0.25, -0.2) is 8.78 Å². The molecule has 2 fully saturated rings. The average Bonchev–Trinajstić information content (AvgIpc) is 3.10. The van der Waals surface area contributed by atoms with E-state index < -0.39 is 5.82 Å². The molecule has 0 bridgehead atoms. The summed E-state index contributed by atoms with van der Waals surface area (Å²) in [5.74, 6) is -1.10. The van der Waals surface area contributed by atoms with Gasteiger partial charge in [-0.2, -0.15) is 0 Å². The predicted octanol–water partition coefficient (Wildman–Crippen LogP) is 4.27. The largest absolute Gasteiger partial charge is 0.339 e. The predicted molar refractivity (Wildman–Crippen MR) is 104 cm³/mol. The van der Waals surface area contributed by atoms with Crippen LogP contribution in [0.5, 0.6) is 0 Å². The molecule has 3 nitrogen and oxygen atoms in total. The molecule has 0 radical (unpaired) electrons. The van der Waals surface area contributed by atoms with E-state index in [-0.39, 0.29) is 29.7 Å². The molecule has 1 spiro atoms. The number of halogens is 3. The van der Waals surface area contributed by atoms with E-state index in [4.69, 9.17) is 0 Å². The number of likely N-dealkylation sites (tertiary alicyclic amines) is 1. The Balaban J connectivity index is 0.00000210. The van der Waals surface area contributed by atoms with E-state index in [0.717, 1.165) is 37.9 Å². The fourth-order valence-corrected chi connectivity index (χ4v) is 4.09. The zero-order valence-electron chi connectivity index (χ0n) is 15.0. The third kappa shape index (κ3) is 3.99. The van der Waals surface area contributed by atoms with Crippen molar-refractivity contribution in [3.63, 3.8) is 0 Å². The molecule has 0 aromatic heterocycles. The van der Waals surface area contributed by atoms with Crippen molar-refractivity contribution in [2.75, 3.05) is 26.2 Å². The van der Waals surface area contributed by atoms with Crippen LogP contribution in [0.15, 0.2) is 42.5 Å². The summed E-state index contributed by atoms with van der Waals surface area (Å²) in [6.07, 6.45) is 3.11. The number of amides is 1. The summed E-state index contributed by atoms with van der Waals surface area (Å²) in [5, 5.41) is 3.41. The first kappa shape index (κ1) is 19.8. The second-order valence-corrected chi connectivity index (χ2v) is 7.42. The van der Waals surface area contributed by atoms with Crippen LogP contribution in [0, 0.1) is 17.0 Å². The van der Waals surface area contributed by atoms with Crippen molar-refractivity contribution in [1.29, 1.82) is 0 Å². The van der Waals surface area contributed by atoms with Crippen molar-refractivity contribution in [2.45, 2.75) is 19.3 Å². The minimum Gasteiger partial charge on any atom is -0.339 e. The lowest BCUT2D eigenvalue weighted by Gasteiger charge is -2.39. The smallest absolute Gasteiger partial charge is 0.256 e. The lowest BCUT2D eigenvalue weighted by molar-refractivity contribution is 0.0603. The van der Waals surface area contributed by atoms with Gasteiger partial charge in [0.25, 0.3) is 5.91 Å². The summed E-state index contributed by atoms with van der Waals surface area (Å²) in [7, 11) is 0. The number of hydrogen-bond donors (Lipinski definition) is 1. The zero-order valence-corrected chi connectivity index (χ0v) is 15.8. The van der Waals surface area contributed by atoms with Gasteiger partial charge in [-0.15, -0.1) is 12.4 Å². The number of carbonyl (C=O) groups is 1. The third-order valence-electron chi connectivity index (χ3n) is 5.82. The minimum absolute atomic E-state index is 0. The number of hydrogen-bond acceptors (Lipinski definition) is 2. The first-order chi connectivity index (χ1) is 12.6. The Hall–Kier alpha value is -1.98. The van der Waals surface area contributed by atoms with Crippen LogP contribution in [0.3, 0.4) is 0 Å². The summed E-state index contributed by atoms with van der Waals surface area (Å²) < 4.78 is 27.6. The highest BCUT2D eigenvalue weighted by atomic mass is 35.5. The summed E-state index contributed by atoms with van der Waals surface area (Å²) in [6, 6.07) is 10.5. The Morgan fingerprint density at radius 2 is 1.63 bits per heavy atom. The molecule has 4 rings (SSSR count). The van der Waals surface area contributed by atoms with Crippen molar-refractivity contribution in [2.24, 2.45) is 5.41 Å². The molecule has 0 aliphatic carbocycles. The van der Waals surface area contributed by atoms with Gasteiger partial charge < -0.3 is 10.2 Å². The van der Waals surface area contributed by atoms with Gasteiger partial charge >= 0.3 is 0 Å². The van der Waals surface area contributed by atoms with E-state index in [1.54, 1.807) is 23.1 Å². The highest BCUT2D eigenvalue weighted by Crippen LogP contribution is 2.37. The van der Waals surface area contributed by atoms with Gasteiger partial charge in [0.15, 0.2) is 0 Å². The van der Waals surface area contributed by atoms with Gasteiger partial charge in [0.05, 0.1) is 5.56 Å². The molecule has 2 aromatic carbocycles. The average molecular weight is 393 g/mol. The molecule has 27 heavy (non-hydrogen) atoms. The zero-order chi connectivity index (χ0) is 18.1. The monoisotopic (exact) mass is 392 g/mol. The van der Waals surface area contributed by atoms with Crippen LogP contribution in [-0.4, -0.2) is 37.0 Å². The summed E-state index contributed by atoms with van der Waals surface area (Å²) >= 11 is 0. The number of benzene rings is 2. The van der Waals surface area contributed by atoms with Crippen LogP contribution >= 0.6 is 12.4 Å². The molecule has 2 heterocycles. The van der Waals surface area contributed by atoms with E-state index in [9.17, 15) is 13.6 Å². The van der Waals surface area contributed by atoms with Crippen LogP contribution in [-0.2, 0) is 0 Å². The quantitative estimate of drug-likeness (QED) is 0.827. The summed E-state index contributed by atoms with van der Waals surface area (Å²) in [4.78, 5) is 14.5. The van der Waals surface area contributed by atoms with Crippen molar-refractivity contribution < 1.29 is 13.6 Å². The molecule has 1 N–H and O–H groups in total. The molecule has 144 valence electrons. The Bertz CT molecular complexity index is 809. The van der Waals surface area contributed by atoms with E-state index in [1.165, 1.54) is 24.3 Å². The van der Waals surface area contributed by atoms with Gasteiger partial charge in [-0.3, -0.25) is 4.79 Å². The van der Waals surface area contributed by atoms with E-state index in [0.29, 0.717) is 24.1 Å². The van der Waals surface area contributed by atoms with Crippen LogP contribution in [0.4, 0.5) is 8.78 Å². The van der Waals surface area contributed by atoms with Gasteiger partial charge in [0.2, 0.25) is 0 Å². The number of nitrogens with zero attached hydrogens (tertiary/aromatic N) is 1. The van der Waals surface area contributed by atoms with Crippen molar-refractivity contribution in [1.82, 2.24) is 10.2 Å². The van der Waals surface area contributed by atoms with Gasteiger partial charge in [-0.05, 0) is 66.6 Å². The molecule has 2 aliphatic heterocycles. The minimum atomic E-state index is -0.528. The molecular formula is C21H23ClF2N2O. The SMILES string of the molecule is Cl.O=C(c1ccc(-c2ccc(F)cc2)cc1F)N1CCC2(CCNC2)CC1. The standard InChI is InChI=1S/C21H22F2N2O.ClH/c22-17-4-1-15(2-5-17)16-3-6-18(19(23)13-16)20(26)25-11-8-21(9-12-25)7-10-24-14-21;/h1-6,13,24H,7-12,14H2;1H. The maximum absolute atomic E-state index is 14.6. The van der Waals surface area contributed by atoms with Crippen molar-refractivity contribution >= 4 is 18.3 Å². The first-order valence-corrected chi connectivity index (χ1v) is 9.12. The van der Waals surface area contributed by atoms with Gasteiger partial charge in [-0.1, -0.05) is 18.2 Å². The number of piperidine rings is 1. The Kier molecular flexibility index (Phi) is 5.82. The van der Waals surface area contributed by atoms with Gasteiger partial charge in [0, 0.05) is 19.6 Å². The van der Waals surface area contributed by atoms with Crippen LogP contribution in [0.2, 0.25) is 0 Å². The van der Waals surface area contributed by atoms with E-state index in [1.807, 2.05) is 0 Å². The lowest BCUT2D eigenvalue weighted by Crippen LogP contribution is -2.44. The number of nitrogens with one attached hydrogen (secondary N) is 1. The Morgan fingerprint density at radius 1 is 0.963 bits per heavy atom. The highest BCUT2D eigenvalue weighted by Gasteiger charge is 2.38. The molecule has 2 saturated heterocycles. The molecule has 2 aliphatic rings. The highest BCUT2D eigenvalue weighted by molar-refractivity contribution is 5.95. The Labute approximate surface area is 164 Å². The summed E-state index contributed by atoms with van der Waals surface area (Å²) in [5.41, 5.74) is 1.78. The number of carbonyl (C=O) groups excluding carboxylic acids is 1. The molecule has 2 aromatic rings. The first-order valence-electron chi connectivity index (χ1n) is 9.12. The fourth-order valence-electron chi connectivity index (χ4n) is 4.09. The summed E-state index contributed by atoms with van der Waals surface area (Å²) in [6.45, 7) is 3.43. The van der Waals surface area contributed by atoms with Crippen LogP contribution in [0.1, 0.15) is 29.6 Å². The number of rotatable bonds is 2.